The number of nitrogens with zero attached hydrogens (tertiary/aromatic N) is 3. The molecule has 1 N–H and O–H groups in total. The number of aryl methyl sites for hydroxylation is 1. The SMILES string of the molecule is Cc1ccc(OCC(=O)NCC(c2ccc(N(C)C)cc2)N2CCN(c3ccc(F)cc3)CC2)cc1. The molecule has 7 heteroatoms. The first-order valence-corrected chi connectivity index (χ1v) is 12.4. The Labute approximate surface area is 213 Å². The van der Waals surface area contributed by atoms with Gasteiger partial charge in [0.25, 0.3) is 5.91 Å². The van der Waals surface area contributed by atoms with Gasteiger partial charge in [0.1, 0.15) is 11.6 Å². The zero-order chi connectivity index (χ0) is 25.5. The van der Waals surface area contributed by atoms with E-state index in [-0.39, 0.29) is 24.4 Å². The van der Waals surface area contributed by atoms with E-state index in [9.17, 15) is 9.18 Å². The van der Waals surface area contributed by atoms with E-state index in [0.29, 0.717) is 12.3 Å². The number of rotatable bonds is 9. The molecule has 3 aromatic rings. The van der Waals surface area contributed by atoms with E-state index in [1.807, 2.05) is 57.4 Å². The third-order valence-electron chi connectivity index (χ3n) is 6.62. The molecule has 0 bridgehead atoms. The van der Waals surface area contributed by atoms with Gasteiger partial charge in [0.15, 0.2) is 6.61 Å². The molecule has 1 aliphatic rings. The number of hydrogen-bond donors (Lipinski definition) is 1. The number of anilines is 2. The molecular weight excluding hydrogens is 455 g/mol. The lowest BCUT2D eigenvalue weighted by molar-refractivity contribution is -0.123. The lowest BCUT2D eigenvalue weighted by Crippen LogP contribution is -2.50. The van der Waals surface area contributed by atoms with Crippen molar-refractivity contribution in [2.24, 2.45) is 0 Å². The number of piperazine rings is 1. The smallest absolute Gasteiger partial charge is 0.258 e. The van der Waals surface area contributed by atoms with Gasteiger partial charge in [-0.05, 0) is 61.0 Å². The topological polar surface area (TPSA) is 48.1 Å². The van der Waals surface area contributed by atoms with E-state index < -0.39 is 0 Å². The van der Waals surface area contributed by atoms with E-state index in [0.717, 1.165) is 48.7 Å². The summed E-state index contributed by atoms with van der Waals surface area (Å²) in [7, 11) is 4.05. The van der Waals surface area contributed by atoms with Crippen molar-refractivity contribution in [1.82, 2.24) is 10.2 Å². The summed E-state index contributed by atoms with van der Waals surface area (Å²) in [6.45, 7) is 5.84. The molecule has 36 heavy (non-hydrogen) atoms. The van der Waals surface area contributed by atoms with E-state index in [1.165, 1.54) is 12.1 Å². The lowest BCUT2D eigenvalue weighted by atomic mass is 10.0. The van der Waals surface area contributed by atoms with Crippen LogP contribution in [0.25, 0.3) is 0 Å². The zero-order valence-electron chi connectivity index (χ0n) is 21.3. The predicted molar refractivity (Wildman–Crippen MR) is 143 cm³/mol. The maximum absolute atomic E-state index is 13.3. The zero-order valence-corrected chi connectivity index (χ0v) is 21.3. The number of hydrogen-bond acceptors (Lipinski definition) is 5. The number of halogens is 1. The summed E-state index contributed by atoms with van der Waals surface area (Å²) in [5.41, 5.74) is 4.48. The van der Waals surface area contributed by atoms with Crippen molar-refractivity contribution in [3.05, 3.63) is 89.7 Å². The minimum absolute atomic E-state index is 0.0201. The van der Waals surface area contributed by atoms with Gasteiger partial charge in [0.05, 0.1) is 6.04 Å². The van der Waals surface area contributed by atoms with Gasteiger partial charge in [0.2, 0.25) is 0 Å². The Balaban J connectivity index is 1.39. The van der Waals surface area contributed by atoms with Crippen LogP contribution in [0.1, 0.15) is 17.2 Å². The fraction of sp³-hybridized carbons (Fsp3) is 0.345. The van der Waals surface area contributed by atoms with Gasteiger partial charge in [-0.25, -0.2) is 4.39 Å². The van der Waals surface area contributed by atoms with Crippen LogP contribution in [0.3, 0.4) is 0 Å². The molecule has 1 fully saturated rings. The summed E-state index contributed by atoms with van der Waals surface area (Å²) in [5.74, 6) is 0.319. The monoisotopic (exact) mass is 490 g/mol. The first kappa shape index (κ1) is 25.5. The van der Waals surface area contributed by atoms with E-state index in [1.54, 1.807) is 0 Å². The second kappa shape index (κ2) is 11.9. The Hall–Kier alpha value is -3.58. The molecule has 0 aromatic heterocycles. The van der Waals surface area contributed by atoms with Crippen LogP contribution in [0.2, 0.25) is 0 Å². The van der Waals surface area contributed by atoms with Crippen molar-refractivity contribution in [3.8, 4) is 5.75 Å². The molecule has 3 aromatic carbocycles. The number of nitrogens with one attached hydrogen (secondary N) is 1. The summed E-state index contributed by atoms with van der Waals surface area (Å²) in [6, 6.07) is 22.9. The van der Waals surface area contributed by atoms with E-state index >= 15 is 0 Å². The summed E-state index contributed by atoms with van der Waals surface area (Å²) in [4.78, 5) is 19.4. The van der Waals surface area contributed by atoms with Crippen LogP contribution in [0.15, 0.2) is 72.8 Å². The van der Waals surface area contributed by atoms with Crippen molar-refractivity contribution < 1.29 is 13.9 Å². The Morgan fingerprint density at radius 2 is 1.58 bits per heavy atom. The summed E-state index contributed by atoms with van der Waals surface area (Å²) < 4.78 is 19.0. The van der Waals surface area contributed by atoms with Gasteiger partial charge in [-0.1, -0.05) is 29.8 Å². The molecule has 6 nitrogen and oxygen atoms in total. The van der Waals surface area contributed by atoms with Crippen LogP contribution in [-0.2, 0) is 4.79 Å². The summed E-state index contributed by atoms with van der Waals surface area (Å²) in [5, 5.41) is 3.08. The van der Waals surface area contributed by atoms with Crippen LogP contribution in [-0.4, -0.2) is 64.2 Å². The van der Waals surface area contributed by atoms with Crippen LogP contribution in [0, 0.1) is 12.7 Å². The summed E-state index contributed by atoms with van der Waals surface area (Å²) >= 11 is 0. The van der Waals surface area contributed by atoms with Gasteiger partial charge in [-0.15, -0.1) is 0 Å². The van der Waals surface area contributed by atoms with Crippen LogP contribution < -0.4 is 19.9 Å². The van der Waals surface area contributed by atoms with E-state index in [2.05, 4.69) is 44.3 Å². The minimum atomic E-state index is -0.222. The molecule has 0 radical (unpaired) electrons. The maximum Gasteiger partial charge on any atom is 0.258 e. The van der Waals surface area contributed by atoms with Gasteiger partial charge >= 0.3 is 0 Å². The Bertz CT molecular complexity index is 1110. The van der Waals surface area contributed by atoms with Crippen LogP contribution in [0.5, 0.6) is 5.75 Å². The maximum atomic E-state index is 13.3. The molecule has 1 heterocycles. The van der Waals surface area contributed by atoms with Crippen molar-refractivity contribution in [3.63, 3.8) is 0 Å². The van der Waals surface area contributed by atoms with Crippen molar-refractivity contribution >= 4 is 17.3 Å². The highest BCUT2D eigenvalue weighted by Gasteiger charge is 2.26. The number of amides is 1. The minimum Gasteiger partial charge on any atom is -0.484 e. The molecule has 1 unspecified atom stereocenters. The molecular formula is C29H35FN4O2. The lowest BCUT2D eigenvalue weighted by Gasteiger charge is -2.40. The second-order valence-electron chi connectivity index (χ2n) is 9.41. The first-order valence-electron chi connectivity index (χ1n) is 12.4. The quantitative estimate of drug-likeness (QED) is 0.486. The highest BCUT2D eigenvalue weighted by Crippen LogP contribution is 2.26. The van der Waals surface area contributed by atoms with Crippen LogP contribution in [0.4, 0.5) is 15.8 Å². The Morgan fingerprint density at radius 1 is 0.944 bits per heavy atom. The Kier molecular flexibility index (Phi) is 8.44. The molecule has 1 amide bonds. The highest BCUT2D eigenvalue weighted by molar-refractivity contribution is 5.77. The third kappa shape index (κ3) is 6.76. The van der Waals surface area contributed by atoms with Gasteiger partial charge in [-0.2, -0.15) is 0 Å². The average molecular weight is 491 g/mol. The number of benzene rings is 3. The van der Waals surface area contributed by atoms with Crippen molar-refractivity contribution in [2.45, 2.75) is 13.0 Å². The van der Waals surface area contributed by atoms with Crippen molar-refractivity contribution in [1.29, 1.82) is 0 Å². The standard InChI is InChI=1S/C29H35FN4O2/c1-22-4-14-27(15-5-22)36-21-29(35)31-20-28(23-6-10-25(11-7-23)32(2)3)34-18-16-33(17-19-34)26-12-8-24(30)9-13-26/h4-15,28H,16-21H2,1-3H3,(H,31,35). The van der Waals surface area contributed by atoms with Gasteiger partial charge in [-0.3, -0.25) is 9.69 Å². The van der Waals surface area contributed by atoms with Crippen LogP contribution >= 0.6 is 0 Å². The predicted octanol–water partition coefficient (Wildman–Crippen LogP) is 4.26. The molecule has 1 saturated heterocycles. The molecule has 1 atom stereocenters. The largest absolute Gasteiger partial charge is 0.484 e. The molecule has 0 aliphatic carbocycles. The first-order chi connectivity index (χ1) is 17.4. The second-order valence-corrected chi connectivity index (χ2v) is 9.41. The molecule has 4 rings (SSSR count). The fourth-order valence-electron chi connectivity index (χ4n) is 4.44. The third-order valence-corrected chi connectivity index (χ3v) is 6.62. The normalized spacial score (nSPS) is 14.8. The fourth-order valence-corrected chi connectivity index (χ4v) is 4.44. The highest BCUT2D eigenvalue weighted by atomic mass is 19.1. The van der Waals surface area contributed by atoms with E-state index in [4.69, 9.17) is 4.74 Å². The Morgan fingerprint density at radius 3 is 2.19 bits per heavy atom. The molecule has 0 saturated carbocycles. The summed E-state index contributed by atoms with van der Waals surface area (Å²) in [6.07, 6.45) is 0. The number of carbonyl (C=O) groups is 1. The molecule has 190 valence electrons. The number of carbonyl (C=O) groups excluding carboxylic acids is 1. The average Bonchev–Trinajstić information content (AvgIpc) is 2.89. The van der Waals surface area contributed by atoms with Gasteiger partial charge in [0, 0.05) is 58.2 Å². The molecule has 1 aliphatic heterocycles. The number of ether oxygens (including phenoxy) is 1. The van der Waals surface area contributed by atoms with Gasteiger partial charge < -0.3 is 19.9 Å². The van der Waals surface area contributed by atoms with Crippen molar-refractivity contribution in [2.75, 3.05) is 63.2 Å². The molecule has 0 spiro atoms.